The molecule has 1 atom stereocenters. The molecule has 0 saturated carbocycles. The van der Waals surface area contributed by atoms with Crippen LogP contribution in [0.4, 0.5) is 4.39 Å². The zero-order valence-electron chi connectivity index (χ0n) is 8.76. The Kier molecular flexibility index (Phi) is 3.16. The van der Waals surface area contributed by atoms with Crippen molar-refractivity contribution in [2.45, 2.75) is 6.04 Å². The number of halogens is 1. The fraction of sp³-hybridized carbons (Fsp3) is 0.182. The first-order valence-corrected chi connectivity index (χ1v) is 4.85. The number of hydrogen-bond acceptors (Lipinski definition) is 4. The van der Waals surface area contributed by atoms with Gasteiger partial charge in [0.1, 0.15) is 5.82 Å². The second kappa shape index (κ2) is 4.76. The maximum Gasteiger partial charge on any atom is 0.146 e. The SMILES string of the molecule is CNC(c1cnccn1)c1ccncc1F. The van der Waals surface area contributed by atoms with Gasteiger partial charge in [0.2, 0.25) is 0 Å². The minimum Gasteiger partial charge on any atom is -0.308 e. The third-order valence-electron chi connectivity index (χ3n) is 2.28. The standard InChI is InChI=1S/C11H11FN4/c1-13-11(10-7-15-4-5-16-10)8-2-3-14-6-9(8)12/h2-7,11,13H,1H3. The van der Waals surface area contributed by atoms with E-state index in [4.69, 9.17) is 0 Å². The van der Waals surface area contributed by atoms with Gasteiger partial charge in [0.15, 0.2) is 0 Å². The van der Waals surface area contributed by atoms with E-state index in [1.54, 1.807) is 37.9 Å². The number of nitrogens with one attached hydrogen (secondary N) is 1. The molecule has 0 saturated heterocycles. The second-order valence-electron chi connectivity index (χ2n) is 3.25. The summed E-state index contributed by atoms with van der Waals surface area (Å²) in [5.74, 6) is -0.354. The van der Waals surface area contributed by atoms with Gasteiger partial charge in [0, 0.05) is 24.2 Å². The van der Waals surface area contributed by atoms with Crippen molar-refractivity contribution in [3.05, 3.63) is 54.1 Å². The summed E-state index contributed by atoms with van der Waals surface area (Å²) in [5.41, 5.74) is 1.19. The average molecular weight is 218 g/mol. The molecule has 2 rings (SSSR count). The fourth-order valence-corrected chi connectivity index (χ4v) is 1.54. The molecule has 1 unspecified atom stereocenters. The molecule has 0 aliphatic heterocycles. The normalized spacial score (nSPS) is 12.4. The zero-order valence-corrected chi connectivity index (χ0v) is 8.76. The molecule has 0 bridgehead atoms. The van der Waals surface area contributed by atoms with Crippen LogP contribution in [0.5, 0.6) is 0 Å². The van der Waals surface area contributed by atoms with Crippen molar-refractivity contribution in [1.29, 1.82) is 0 Å². The third-order valence-corrected chi connectivity index (χ3v) is 2.28. The molecule has 0 spiro atoms. The molecule has 0 aliphatic rings. The van der Waals surface area contributed by atoms with E-state index in [2.05, 4.69) is 20.3 Å². The van der Waals surface area contributed by atoms with E-state index in [0.717, 1.165) is 0 Å². The lowest BCUT2D eigenvalue weighted by Gasteiger charge is -2.15. The summed E-state index contributed by atoms with van der Waals surface area (Å²) in [6.45, 7) is 0. The lowest BCUT2D eigenvalue weighted by Crippen LogP contribution is -2.20. The predicted molar refractivity (Wildman–Crippen MR) is 57.1 cm³/mol. The molecule has 2 aromatic rings. The Morgan fingerprint density at radius 2 is 2.00 bits per heavy atom. The number of rotatable bonds is 3. The van der Waals surface area contributed by atoms with Gasteiger partial charge in [-0.25, -0.2) is 4.39 Å². The van der Waals surface area contributed by atoms with E-state index in [1.165, 1.54) is 6.20 Å². The van der Waals surface area contributed by atoms with Crippen molar-refractivity contribution in [2.75, 3.05) is 7.05 Å². The molecule has 5 heteroatoms. The minimum atomic E-state index is -0.354. The van der Waals surface area contributed by atoms with Crippen molar-refractivity contribution in [1.82, 2.24) is 20.3 Å². The first kappa shape index (κ1) is 10.6. The molecule has 2 heterocycles. The highest BCUT2D eigenvalue weighted by molar-refractivity contribution is 5.25. The van der Waals surface area contributed by atoms with Crippen molar-refractivity contribution in [3.63, 3.8) is 0 Å². The first-order valence-electron chi connectivity index (χ1n) is 4.85. The molecule has 82 valence electrons. The molecule has 1 N–H and O–H groups in total. The second-order valence-corrected chi connectivity index (χ2v) is 3.25. The summed E-state index contributed by atoms with van der Waals surface area (Å²) in [7, 11) is 1.75. The molecule has 0 aliphatic carbocycles. The van der Waals surface area contributed by atoms with E-state index >= 15 is 0 Å². The van der Waals surface area contributed by atoms with Crippen LogP contribution in [-0.2, 0) is 0 Å². The predicted octanol–water partition coefficient (Wildman–Crippen LogP) is 1.32. The highest BCUT2D eigenvalue weighted by Crippen LogP contribution is 2.20. The van der Waals surface area contributed by atoms with Gasteiger partial charge in [-0.2, -0.15) is 0 Å². The quantitative estimate of drug-likeness (QED) is 0.844. The highest BCUT2D eigenvalue weighted by Gasteiger charge is 2.16. The maximum atomic E-state index is 13.6. The Morgan fingerprint density at radius 3 is 2.62 bits per heavy atom. The molecule has 0 fully saturated rings. The number of hydrogen-bond donors (Lipinski definition) is 1. The number of aromatic nitrogens is 3. The minimum absolute atomic E-state index is 0.309. The number of pyridine rings is 1. The van der Waals surface area contributed by atoms with E-state index in [1.807, 2.05) is 0 Å². The summed E-state index contributed by atoms with van der Waals surface area (Å²) in [5, 5.41) is 3.01. The van der Waals surface area contributed by atoms with Crippen LogP contribution in [0.25, 0.3) is 0 Å². The summed E-state index contributed by atoms with van der Waals surface area (Å²) in [6.07, 6.45) is 7.52. The van der Waals surface area contributed by atoms with Gasteiger partial charge in [-0.1, -0.05) is 0 Å². The number of nitrogens with zero attached hydrogens (tertiary/aromatic N) is 3. The van der Waals surface area contributed by atoms with E-state index in [-0.39, 0.29) is 11.9 Å². The van der Waals surface area contributed by atoms with Crippen LogP contribution < -0.4 is 5.32 Å². The molecular formula is C11H11FN4. The monoisotopic (exact) mass is 218 g/mol. The summed E-state index contributed by atoms with van der Waals surface area (Å²) >= 11 is 0. The molecule has 4 nitrogen and oxygen atoms in total. The lowest BCUT2D eigenvalue weighted by molar-refractivity contribution is 0.564. The van der Waals surface area contributed by atoms with Crippen molar-refractivity contribution in [3.8, 4) is 0 Å². The molecular weight excluding hydrogens is 207 g/mol. The van der Waals surface area contributed by atoms with Gasteiger partial charge >= 0.3 is 0 Å². The van der Waals surface area contributed by atoms with Crippen LogP contribution >= 0.6 is 0 Å². The molecule has 0 radical (unpaired) electrons. The van der Waals surface area contributed by atoms with Crippen LogP contribution in [0.1, 0.15) is 17.3 Å². The van der Waals surface area contributed by atoms with Crippen molar-refractivity contribution < 1.29 is 4.39 Å². The van der Waals surface area contributed by atoms with Crippen molar-refractivity contribution in [2.24, 2.45) is 0 Å². The Hall–Kier alpha value is -1.88. The lowest BCUT2D eigenvalue weighted by atomic mass is 10.1. The zero-order chi connectivity index (χ0) is 11.4. The van der Waals surface area contributed by atoms with Crippen LogP contribution in [0.15, 0.2) is 37.1 Å². The van der Waals surface area contributed by atoms with Gasteiger partial charge in [-0.15, -0.1) is 0 Å². The smallest absolute Gasteiger partial charge is 0.146 e. The van der Waals surface area contributed by atoms with Crippen LogP contribution in [0.3, 0.4) is 0 Å². The topological polar surface area (TPSA) is 50.7 Å². The maximum absolute atomic E-state index is 13.6. The largest absolute Gasteiger partial charge is 0.308 e. The first-order chi connectivity index (χ1) is 7.83. The molecule has 2 aromatic heterocycles. The van der Waals surface area contributed by atoms with Crippen molar-refractivity contribution >= 4 is 0 Å². The molecule has 0 aromatic carbocycles. The van der Waals surface area contributed by atoms with E-state index in [0.29, 0.717) is 11.3 Å². The third kappa shape index (κ3) is 2.04. The summed E-state index contributed by atoms with van der Waals surface area (Å²) in [4.78, 5) is 11.8. The molecule has 16 heavy (non-hydrogen) atoms. The van der Waals surface area contributed by atoms with Crippen LogP contribution in [0, 0.1) is 5.82 Å². The summed E-state index contributed by atoms with van der Waals surface area (Å²) < 4.78 is 13.6. The Morgan fingerprint density at radius 1 is 1.19 bits per heavy atom. The van der Waals surface area contributed by atoms with Crippen LogP contribution in [-0.4, -0.2) is 22.0 Å². The van der Waals surface area contributed by atoms with Gasteiger partial charge in [0.05, 0.1) is 24.1 Å². The Bertz CT molecular complexity index is 461. The highest BCUT2D eigenvalue weighted by atomic mass is 19.1. The summed E-state index contributed by atoms with van der Waals surface area (Å²) in [6, 6.07) is 1.32. The fourth-order valence-electron chi connectivity index (χ4n) is 1.54. The molecule has 0 amide bonds. The Balaban J connectivity index is 2.41. The van der Waals surface area contributed by atoms with E-state index < -0.39 is 0 Å². The van der Waals surface area contributed by atoms with Gasteiger partial charge < -0.3 is 5.32 Å². The van der Waals surface area contributed by atoms with E-state index in [9.17, 15) is 4.39 Å². The van der Waals surface area contributed by atoms with Crippen LogP contribution in [0.2, 0.25) is 0 Å². The average Bonchev–Trinajstić information content (AvgIpc) is 2.34. The van der Waals surface area contributed by atoms with Gasteiger partial charge in [-0.3, -0.25) is 15.0 Å². The van der Waals surface area contributed by atoms with Gasteiger partial charge in [-0.05, 0) is 13.1 Å². The van der Waals surface area contributed by atoms with Gasteiger partial charge in [0.25, 0.3) is 0 Å². The Labute approximate surface area is 92.6 Å².